The molecule has 7 nitrogen and oxygen atoms in total. The zero-order valence-electron chi connectivity index (χ0n) is 16.6. The highest BCUT2D eigenvalue weighted by atomic mass is 16.2. The first-order valence-corrected chi connectivity index (χ1v) is 10.3. The second kappa shape index (κ2) is 6.95. The molecule has 4 N–H and O–H groups in total. The number of nitrogens with zero attached hydrogens (tertiary/aromatic N) is 1. The van der Waals surface area contributed by atoms with Crippen molar-refractivity contribution in [2.24, 2.45) is 0 Å². The summed E-state index contributed by atoms with van der Waals surface area (Å²) in [4.78, 5) is 38.5. The van der Waals surface area contributed by atoms with Gasteiger partial charge in [-0.2, -0.15) is 0 Å². The Hall–Kier alpha value is -3.19. The minimum atomic E-state index is -0.592. The van der Waals surface area contributed by atoms with E-state index in [4.69, 9.17) is 5.73 Å². The Kier molecular flexibility index (Phi) is 4.36. The van der Waals surface area contributed by atoms with E-state index in [9.17, 15) is 14.4 Å². The van der Waals surface area contributed by atoms with Gasteiger partial charge < -0.3 is 16.0 Å². The van der Waals surface area contributed by atoms with Crippen molar-refractivity contribution in [3.05, 3.63) is 64.7 Å². The van der Waals surface area contributed by atoms with Gasteiger partial charge in [0.05, 0.1) is 0 Å². The molecular formula is C23H24N4O3. The lowest BCUT2D eigenvalue weighted by atomic mass is 10.0. The number of hydrogen-bond donors (Lipinski definition) is 3. The standard InChI is InChI=1S/C23H24N4O3/c24-17-6-2-5-16(11-17)23(9-10-23)25-12-14-3-1-4-15-13-27(22(30)20(14)15)18-7-8-19(28)26-21(18)29/h1-6,11,18,25H,7-10,12-13,24H2,(H,26,28,29). The van der Waals surface area contributed by atoms with Gasteiger partial charge >= 0.3 is 0 Å². The van der Waals surface area contributed by atoms with Crippen molar-refractivity contribution in [2.45, 2.75) is 50.4 Å². The fourth-order valence-corrected chi connectivity index (χ4v) is 4.63. The lowest BCUT2D eigenvalue weighted by Crippen LogP contribution is -2.52. The van der Waals surface area contributed by atoms with Gasteiger partial charge in [0.2, 0.25) is 11.8 Å². The Morgan fingerprint density at radius 3 is 2.67 bits per heavy atom. The van der Waals surface area contributed by atoms with Crippen molar-refractivity contribution in [3.63, 3.8) is 0 Å². The van der Waals surface area contributed by atoms with E-state index in [2.05, 4.69) is 16.7 Å². The van der Waals surface area contributed by atoms with E-state index in [0.717, 1.165) is 29.7 Å². The Morgan fingerprint density at radius 2 is 1.93 bits per heavy atom. The minimum absolute atomic E-state index is 0.0942. The molecule has 3 amide bonds. The number of fused-ring (bicyclic) bond motifs is 1. The smallest absolute Gasteiger partial charge is 0.255 e. The first-order valence-electron chi connectivity index (χ1n) is 10.3. The third-order valence-corrected chi connectivity index (χ3v) is 6.45. The molecule has 5 rings (SSSR count). The number of piperidine rings is 1. The van der Waals surface area contributed by atoms with Gasteiger partial charge in [-0.3, -0.25) is 19.7 Å². The van der Waals surface area contributed by atoms with Crippen molar-refractivity contribution in [1.82, 2.24) is 15.5 Å². The first kappa shape index (κ1) is 18.8. The van der Waals surface area contributed by atoms with Gasteiger partial charge in [0.25, 0.3) is 5.91 Å². The summed E-state index contributed by atoms with van der Waals surface area (Å²) in [6.07, 6.45) is 2.69. The van der Waals surface area contributed by atoms with Crippen LogP contribution in [-0.4, -0.2) is 28.7 Å². The number of carbonyl (C=O) groups is 3. The number of nitrogen functional groups attached to an aromatic ring is 1. The predicted molar refractivity (Wildman–Crippen MR) is 111 cm³/mol. The molecule has 30 heavy (non-hydrogen) atoms. The SMILES string of the molecule is Nc1cccc(C2(NCc3cccc4c3C(=O)N(C3CCC(=O)NC3=O)C4)CC2)c1. The first-order chi connectivity index (χ1) is 14.5. The molecule has 0 radical (unpaired) electrons. The number of carbonyl (C=O) groups excluding carboxylic acids is 3. The largest absolute Gasteiger partial charge is 0.399 e. The number of nitrogens with one attached hydrogen (secondary N) is 2. The van der Waals surface area contributed by atoms with Crippen LogP contribution in [-0.2, 0) is 28.2 Å². The van der Waals surface area contributed by atoms with Crippen LogP contribution in [0.3, 0.4) is 0 Å². The van der Waals surface area contributed by atoms with Gasteiger partial charge in [0.15, 0.2) is 0 Å². The molecule has 0 bridgehead atoms. The summed E-state index contributed by atoms with van der Waals surface area (Å²) in [6, 6.07) is 13.2. The quantitative estimate of drug-likeness (QED) is 0.521. The summed E-state index contributed by atoms with van der Waals surface area (Å²) < 4.78 is 0. The molecule has 1 saturated carbocycles. The number of hydrogen-bond acceptors (Lipinski definition) is 5. The highest BCUT2D eigenvalue weighted by molar-refractivity contribution is 6.06. The molecule has 1 saturated heterocycles. The van der Waals surface area contributed by atoms with Crippen LogP contribution >= 0.6 is 0 Å². The van der Waals surface area contributed by atoms with E-state index < -0.39 is 6.04 Å². The zero-order chi connectivity index (χ0) is 20.9. The van der Waals surface area contributed by atoms with E-state index in [1.807, 2.05) is 36.4 Å². The average molecular weight is 404 g/mol. The zero-order valence-corrected chi connectivity index (χ0v) is 16.6. The number of anilines is 1. The van der Waals surface area contributed by atoms with Crippen molar-refractivity contribution in [1.29, 1.82) is 0 Å². The van der Waals surface area contributed by atoms with E-state index >= 15 is 0 Å². The maximum absolute atomic E-state index is 13.2. The predicted octanol–water partition coefficient (Wildman–Crippen LogP) is 1.81. The van der Waals surface area contributed by atoms with Crippen LogP contribution in [0.2, 0.25) is 0 Å². The maximum atomic E-state index is 13.2. The molecule has 0 spiro atoms. The monoisotopic (exact) mass is 404 g/mol. The molecular weight excluding hydrogens is 380 g/mol. The third-order valence-electron chi connectivity index (χ3n) is 6.45. The van der Waals surface area contributed by atoms with Crippen LogP contribution in [0.5, 0.6) is 0 Å². The number of benzene rings is 2. The maximum Gasteiger partial charge on any atom is 0.255 e. The molecule has 2 heterocycles. The molecule has 2 aliphatic heterocycles. The van der Waals surface area contributed by atoms with Crippen LogP contribution in [0.15, 0.2) is 42.5 Å². The lowest BCUT2D eigenvalue weighted by molar-refractivity contribution is -0.136. The van der Waals surface area contributed by atoms with Crippen LogP contribution < -0.4 is 16.4 Å². The molecule has 3 aliphatic rings. The number of rotatable bonds is 5. The van der Waals surface area contributed by atoms with E-state index in [-0.39, 0.29) is 29.7 Å². The average Bonchev–Trinajstić information content (AvgIpc) is 3.45. The van der Waals surface area contributed by atoms with E-state index in [1.165, 1.54) is 5.56 Å². The van der Waals surface area contributed by atoms with Crippen molar-refractivity contribution in [3.8, 4) is 0 Å². The van der Waals surface area contributed by atoms with Gasteiger partial charge in [-0.05, 0) is 48.1 Å². The normalized spacial score (nSPS) is 22.1. The fourth-order valence-electron chi connectivity index (χ4n) is 4.63. The Balaban J connectivity index is 1.35. The lowest BCUT2D eigenvalue weighted by Gasteiger charge is -2.29. The number of imide groups is 1. The molecule has 2 aromatic rings. The number of amides is 3. The third kappa shape index (κ3) is 3.15. The van der Waals surface area contributed by atoms with E-state index in [1.54, 1.807) is 4.90 Å². The summed E-state index contributed by atoms with van der Waals surface area (Å²) in [5, 5.41) is 5.99. The summed E-state index contributed by atoms with van der Waals surface area (Å²) >= 11 is 0. The summed E-state index contributed by atoms with van der Waals surface area (Å²) in [5.41, 5.74) is 10.3. The van der Waals surface area contributed by atoms with Crippen LogP contribution in [0.4, 0.5) is 5.69 Å². The Morgan fingerprint density at radius 1 is 1.13 bits per heavy atom. The highest BCUT2D eigenvalue weighted by Gasteiger charge is 2.44. The van der Waals surface area contributed by atoms with Crippen molar-refractivity contribution in [2.75, 3.05) is 5.73 Å². The second-order valence-electron chi connectivity index (χ2n) is 8.41. The Labute approximate surface area is 174 Å². The summed E-state index contributed by atoms with van der Waals surface area (Å²) in [5.74, 6) is -0.794. The molecule has 1 atom stereocenters. The molecule has 1 unspecified atom stereocenters. The van der Waals surface area contributed by atoms with Crippen LogP contribution in [0, 0.1) is 0 Å². The van der Waals surface area contributed by atoms with Crippen molar-refractivity contribution < 1.29 is 14.4 Å². The Bertz CT molecular complexity index is 1060. The molecule has 0 aromatic heterocycles. The van der Waals surface area contributed by atoms with Crippen LogP contribution in [0.25, 0.3) is 0 Å². The molecule has 2 fully saturated rings. The molecule has 154 valence electrons. The topological polar surface area (TPSA) is 105 Å². The second-order valence-corrected chi connectivity index (χ2v) is 8.41. The van der Waals surface area contributed by atoms with Crippen molar-refractivity contribution >= 4 is 23.4 Å². The molecule has 2 aromatic carbocycles. The van der Waals surface area contributed by atoms with E-state index in [0.29, 0.717) is 25.1 Å². The summed E-state index contributed by atoms with van der Waals surface area (Å²) in [6.45, 7) is 0.960. The van der Waals surface area contributed by atoms with Crippen LogP contribution in [0.1, 0.15) is 52.7 Å². The molecule has 1 aliphatic carbocycles. The van der Waals surface area contributed by atoms with Gasteiger partial charge in [0, 0.05) is 36.3 Å². The minimum Gasteiger partial charge on any atom is -0.399 e. The van der Waals surface area contributed by atoms with Gasteiger partial charge in [-0.25, -0.2) is 0 Å². The highest BCUT2D eigenvalue weighted by Crippen LogP contribution is 2.46. The van der Waals surface area contributed by atoms with Gasteiger partial charge in [0.1, 0.15) is 6.04 Å². The van der Waals surface area contributed by atoms with Gasteiger partial charge in [-0.15, -0.1) is 0 Å². The molecule has 7 heteroatoms. The fraction of sp³-hybridized carbons (Fsp3) is 0.348. The van der Waals surface area contributed by atoms with Gasteiger partial charge in [-0.1, -0.05) is 30.3 Å². The number of nitrogens with two attached hydrogens (primary N) is 1. The summed E-state index contributed by atoms with van der Waals surface area (Å²) in [7, 11) is 0.